The molecule has 0 aromatic carbocycles. The summed E-state index contributed by atoms with van der Waals surface area (Å²) in [7, 11) is 5.93. The lowest BCUT2D eigenvalue weighted by Gasteiger charge is -2.26. The van der Waals surface area contributed by atoms with Gasteiger partial charge in [0.2, 0.25) is 0 Å². The number of hydrogen-bond donors (Lipinski definition) is 0. The number of ether oxygens (including phenoxy) is 4. The summed E-state index contributed by atoms with van der Waals surface area (Å²) in [5.74, 6) is -2.28. The Balaban J connectivity index is 4.09. The highest BCUT2D eigenvalue weighted by molar-refractivity contribution is 5.70. The SMILES string of the molecule is CC/C=C\C/C=C\C/C=C\C/C=C\C/C=C\C/C=C\C/C=C\C/C=C\CCCCCCCCCCCCCCCCC(=O)OC(COC(=O)CCCCCCCCCCCCCCC/C=C\C/C=C\CCCCCCC)COC(OCC[N+](C)(C)C)C(=O)[O-]. The van der Waals surface area contributed by atoms with E-state index in [1.807, 2.05) is 21.1 Å². The van der Waals surface area contributed by atoms with Crippen LogP contribution >= 0.6 is 0 Å². The Morgan fingerprint density at radius 1 is 0.348 bits per heavy atom. The Morgan fingerprint density at radius 3 is 0.955 bits per heavy atom. The molecule has 2 atom stereocenters. The lowest BCUT2D eigenvalue weighted by atomic mass is 10.0. The monoisotopic (exact) mass is 1240 g/mol. The predicted molar refractivity (Wildman–Crippen MR) is 380 cm³/mol. The zero-order chi connectivity index (χ0) is 64.7. The first-order valence-corrected chi connectivity index (χ1v) is 36.7. The highest BCUT2D eigenvalue weighted by Gasteiger charge is 2.22. The summed E-state index contributed by atoms with van der Waals surface area (Å²) >= 11 is 0. The highest BCUT2D eigenvalue weighted by Crippen LogP contribution is 2.17. The Bertz CT molecular complexity index is 1880. The van der Waals surface area contributed by atoms with Crippen LogP contribution < -0.4 is 5.11 Å². The number of allylic oxidation sites excluding steroid dienone is 20. The first-order valence-electron chi connectivity index (χ1n) is 36.7. The quantitative estimate of drug-likeness (QED) is 0.0195. The van der Waals surface area contributed by atoms with Gasteiger partial charge in [-0.25, -0.2) is 0 Å². The number of carboxylic acid groups (broad SMARTS) is 1. The number of esters is 2. The number of hydrogen-bond acceptors (Lipinski definition) is 8. The van der Waals surface area contributed by atoms with Crippen molar-refractivity contribution in [1.82, 2.24) is 0 Å². The summed E-state index contributed by atoms with van der Waals surface area (Å²) in [4.78, 5) is 37.5. The molecule has 510 valence electrons. The van der Waals surface area contributed by atoms with E-state index in [0.29, 0.717) is 17.4 Å². The Labute approximate surface area is 548 Å². The molecule has 9 heteroatoms. The van der Waals surface area contributed by atoms with Crippen molar-refractivity contribution < 1.29 is 42.9 Å². The van der Waals surface area contributed by atoms with Crippen LogP contribution in [-0.2, 0) is 33.3 Å². The van der Waals surface area contributed by atoms with Gasteiger partial charge in [-0.2, -0.15) is 0 Å². The first kappa shape index (κ1) is 84.7. The predicted octanol–water partition coefficient (Wildman–Crippen LogP) is 21.8. The van der Waals surface area contributed by atoms with E-state index in [2.05, 4.69) is 135 Å². The molecule has 0 amide bonds. The van der Waals surface area contributed by atoms with Gasteiger partial charge in [-0.15, -0.1) is 0 Å². The minimum atomic E-state index is -1.63. The number of quaternary nitrogens is 1. The van der Waals surface area contributed by atoms with Crippen LogP contribution in [0.3, 0.4) is 0 Å². The molecule has 9 nitrogen and oxygen atoms in total. The van der Waals surface area contributed by atoms with Gasteiger partial charge < -0.3 is 33.3 Å². The average molecular weight is 1240 g/mol. The van der Waals surface area contributed by atoms with Crippen molar-refractivity contribution in [2.24, 2.45) is 0 Å². The Hall–Kier alpha value is -4.31. The van der Waals surface area contributed by atoms with Gasteiger partial charge in [-0.3, -0.25) is 9.59 Å². The maximum absolute atomic E-state index is 12.9. The molecule has 0 bridgehead atoms. The third kappa shape index (κ3) is 71.0. The molecule has 89 heavy (non-hydrogen) atoms. The minimum absolute atomic E-state index is 0.144. The molecule has 0 saturated carbocycles. The van der Waals surface area contributed by atoms with Gasteiger partial charge in [0.25, 0.3) is 0 Å². The van der Waals surface area contributed by atoms with E-state index >= 15 is 0 Å². The van der Waals surface area contributed by atoms with Crippen molar-refractivity contribution in [2.75, 3.05) is 47.5 Å². The van der Waals surface area contributed by atoms with Crippen molar-refractivity contribution >= 4 is 17.9 Å². The highest BCUT2D eigenvalue weighted by atomic mass is 16.7. The fourth-order valence-corrected chi connectivity index (χ4v) is 10.1. The van der Waals surface area contributed by atoms with Crippen LogP contribution in [-0.4, -0.2) is 82.3 Å². The Kier molecular flexibility index (Phi) is 66.2. The number of carbonyl (C=O) groups excluding carboxylic acids is 3. The fraction of sp³-hybridized carbons (Fsp3) is 0.713. The van der Waals surface area contributed by atoms with E-state index in [1.54, 1.807) is 0 Å². The Morgan fingerprint density at radius 2 is 0.640 bits per heavy atom. The van der Waals surface area contributed by atoms with Gasteiger partial charge in [0.05, 0.1) is 40.3 Å². The summed E-state index contributed by atoms with van der Waals surface area (Å²) in [5, 5.41) is 11.8. The standard InChI is InChI=1S/C80H137NO8/c1-6-8-10-12-14-16-18-20-22-24-26-28-30-32-33-34-35-36-37-38-39-40-41-42-43-44-45-47-49-51-53-55-57-59-61-63-65-67-69-71-78(83)89-76(75-88-80(79(84)85)86-73-72-81(3,4)5)74-87-77(82)70-68-66-64-62-60-58-56-54-52-50-48-46-31-29-27-25-23-21-19-17-15-13-11-9-7-2/h8,10,14,16,19-22,25-28,32-33,35-36,38-39,41-42,76,80H,6-7,9,11-13,15,17-18,23-24,29-31,34,37,40,43-75H2,1-5H3/b10-8-,16-14-,21-19-,22-20-,27-25-,28-26-,33-32-,36-35-,39-38-,42-41-. The van der Waals surface area contributed by atoms with Crippen molar-refractivity contribution in [1.29, 1.82) is 0 Å². The van der Waals surface area contributed by atoms with Crippen LogP contribution in [0.2, 0.25) is 0 Å². The zero-order valence-corrected chi connectivity index (χ0v) is 58.3. The second-order valence-electron chi connectivity index (χ2n) is 25.5. The van der Waals surface area contributed by atoms with Crippen LogP contribution in [0, 0.1) is 0 Å². The number of likely N-dealkylation sites (N-methyl/N-ethyl adjacent to an activating group) is 1. The van der Waals surface area contributed by atoms with Gasteiger partial charge in [-0.1, -0.05) is 309 Å². The van der Waals surface area contributed by atoms with Crippen molar-refractivity contribution in [2.45, 2.75) is 322 Å². The lowest BCUT2D eigenvalue weighted by Crippen LogP contribution is -2.44. The normalized spacial score (nSPS) is 13.4. The van der Waals surface area contributed by atoms with E-state index in [-0.39, 0.29) is 38.6 Å². The van der Waals surface area contributed by atoms with Gasteiger partial charge in [0.1, 0.15) is 13.2 Å². The van der Waals surface area contributed by atoms with Gasteiger partial charge in [-0.05, 0) is 109 Å². The molecule has 0 aliphatic carbocycles. The number of carboxylic acids is 1. The van der Waals surface area contributed by atoms with Crippen molar-refractivity contribution in [3.63, 3.8) is 0 Å². The molecule has 0 radical (unpaired) electrons. The molecule has 0 rings (SSSR count). The molecule has 0 heterocycles. The van der Waals surface area contributed by atoms with Crippen LogP contribution in [0.4, 0.5) is 0 Å². The summed E-state index contributed by atoms with van der Waals surface area (Å²) < 4.78 is 22.8. The first-order chi connectivity index (χ1) is 43.6. The second-order valence-corrected chi connectivity index (χ2v) is 25.5. The topological polar surface area (TPSA) is 111 Å². The molecule has 0 aromatic heterocycles. The summed E-state index contributed by atoms with van der Waals surface area (Å²) in [6, 6.07) is 0. The van der Waals surface area contributed by atoms with Gasteiger partial charge >= 0.3 is 11.9 Å². The van der Waals surface area contributed by atoms with Gasteiger partial charge in [0, 0.05) is 12.8 Å². The molecule has 0 aliphatic heterocycles. The number of carbonyl (C=O) groups is 3. The van der Waals surface area contributed by atoms with Crippen LogP contribution in [0.1, 0.15) is 309 Å². The summed E-state index contributed by atoms with van der Waals surface area (Å²) in [5.41, 5.74) is 0. The zero-order valence-electron chi connectivity index (χ0n) is 58.3. The molecular weight excluding hydrogens is 1100 g/mol. The fourth-order valence-electron chi connectivity index (χ4n) is 10.1. The number of nitrogens with zero attached hydrogens (tertiary/aromatic N) is 1. The third-order valence-electron chi connectivity index (χ3n) is 15.7. The minimum Gasteiger partial charge on any atom is -0.545 e. The molecule has 0 saturated heterocycles. The molecule has 0 fully saturated rings. The van der Waals surface area contributed by atoms with Crippen molar-refractivity contribution in [3.8, 4) is 0 Å². The van der Waals surface area contributed by atoms with E-state index in [1.165, 1.54) is 180 Å². The maximum Gasteiger partial charge on any atom is 0.306 e. The number of unbranched alkanes of at least 4 members (excludes halogenated alkanes) is 32. The van der Waals surface area contributed by atoms with E-state index in [9.17, 15) is 19.5 Å². The molecule has 2 unspecified atom stereocenters. The van der Waals surface area contributed by atoms with Crippen LogP contribution in [0.15, 0.2) is 122 Å². The van der Waals surface area contributed by atoms with E-state index in [0.717, 1.165) is 96.3 Å². The number of aliphatic carboxylic acids is 1. The number of rotatable bonds is 67. The molecule has 0 aliphatic rings. The van der Waals surface area contributed by atoms with Crippen LogP contribution in [0.25, 0.3) is 0 Å². The lowest BCUT2D eigenvalue weighted by molar-refractivity contribution is -0.870. The van der Waals surface area contributed by atoms with Gasteiger partial charge in [0.15, 0.2) is 12.4 Å². The summed E-state index contributed by atoms with van der Waals surface area (Å²) in [6.07, 6.45) is 95.7. The van der Waals surface area contributed by atoms with Crippen LogP contribution in [0.5, 0.6) is 0 Å². The van der Waals surface area contributed by atoms with E-state index in [4.69, 9.17) is 18.9 Å². The van der Waals surface area contributed by atoms with E-state index < -0.39 is 24.3 Å². The second kappa shape index (κ2) is 69.6. The summed E-state index contributed by atoms with van der Waals surface area (Å²) in [6.45, 7) is 4.65. The smallest absolute Gasteiger partial charge is 0.306 e. The largest absolute Gasteiger partial charge is 0.545 e. The molecule has 0 spiro atoms. The average Bonchev–Trinajstić information content (AvgIpc) is 3.64. The molecule has 0 N–H and O–H groups in total. The maximum atomic E-state index is 12.9. The molecule has 0 aromatic rings. The van der Waals surface area contributed by atoms with Crippen molar-refractivity contribution in [3.05, 3.63) is 122 Å². The molecular formula is C80H137NO8. The third-order valence-corrected chi connectivity index (χ3v) is 15.7.